The van der Waals surface area contributed by atoms with E-state index in [1.807, 2.05) is 18.2 Å². The van der Waals surface area contributed by atoms with E-state index >= 15 is 0 Å². The normalized spacial score (nSPS) is 25.0. The van der Waals surface area contributed by atoms with Gasteiger partial charge in [-0.15, -0.1) is 0 Å². The summed E-state index contributed by atoms with van der Waals surface area (Å²) in [7, 11) is 1.66. The van der Waals surface area contributed by atoms with Gasteiger partial charge in [-0.25, -0.2) is 0 Å². The van der Waals surface area contributed by atoms with Crippen molar-refractivity contribution in [3.8, 4) is 5.75 Å². The molecule has 3 rings (SSSR count). The zero-order chi connectivity index (χ0) is 15.7. The molecule has 0 aliphatic heterocycles. The first-order valence-corrected chi connectivity index (χ1v) is 7.71. The summed E-state index contributed by atoms with van der Waals surface area (Å²) in [5, 5.41) is 11.9. The van der Waals surface area contributed by atoms with Gasteiger partial charge in [-0.2, -0.15) is 0 Å². The topological polar surface area (TPSA) is 75.6 Å². The summed E-state index contributed by atoms with van der Waals surface area (Å²) in [6.07, 6.45) is 3.62. The number of methoxy groups -OCH3 is 1. The van der Waals surface area contributed by atoms with Crippen LogP contribution in [0.2, 0.25) is 0 Å². The van der Waals surface area contributed by atoms with Gasteiger partial charge in [0.25, 0.3) is 0 Å². The molecule has 0 aromatic heterocycles. The van der Waals surface area contributed by atoms with Gasteiger partial charge >= 0.3 is 5.97 Å². The number of carboxylic acid groups (broad SMARTS) is 1. The zero-order valence-electron chi connectivity index (χ0n) is 12.7. The highest BCUT2D eigenvalue weighted by atomic mass is 16.5. The number of rotatable bonds is 6. The minimum Gasteiger partial charge on any atom is -0.496 e. The van der Waals surface area contributed by atoms with E-state index < -0.39 is 11.9 Å². The molecule has 2 saturated carbocycles. The van der Waals surface area contributed by atoms with Crippen LogP contribution in [0, 0.1) is 11.8 Å². The Morgan fingerprint density at radius 1 is 1.32 bits per heavy atom. The number of hydrogen-bond acceptors (Lipinski definition) is 3. The molecule has 0 heterocycles. The summed E-state index contributed by atoms with van der Waals surface area (Å²) < 4.78 is 5.45. The van der Waals surface area contributed by atoms with E-state index in [4.69, 9.17) is 9.84 Å². The molecule has 0 radical (unpaired) electrons. The molecule has 22 heavy (non-hydrogen) atoms. The monoisotopic (exact) mass is 303 g/mol. The van der Waals surface area contributed by atoms with Crippen molar-refractivity contribution < 1.29 is 19.4 Å². The second-order valence-electron chi connectivity index (χ2n) is 6.34. The van der Waals surface area contributed by atoms with Crippen LogP contribution in [-0.4, -0.2) is 30.6 Å². The number of aliphatic carboxylic acids is 1. The summed E-state index contributed by atoms with van der Waals surface area (Å²) in [6.45, 7) is 0.551. The fourth-order valence-electron chi connectivity index (χ4n) is 3.37. The molecule has 1 amide bonds. The van der Waals surface area contributed by atoms with Gasteiger partial charge in [0.2, 0.25) is 5.91 Å². The van der Waals surface area contributed by atoms with Crippen LogP contribution in [0.5, 0.6) is 5.75 Å². The summed E-state index contributed by atoms with van der Waals surface area (Å²) in [5.41, 5.74) is 1.06. The van der Waals surface area contributed by atoms with Crippen molar-refractivity contribution in [2.24, 2.45) is 11.8 Å². The molecule has 2 fully saturated rings. The molecule has 2 atom stereocenters. The Hall–Kier alpha value is -2.04. The standard InChI is InChI=1S/C17H21NO4/c1-22-14-6-3-2-5-13(14)17(7-4-8-17)10-18-15(19)11-9-12(11)16(20)21/h2-3,5-6,11-12H,4,7-10H2,1H3,(H,18,19)(H,20,21). The fraction of sp³-hybridized carbons (Fsp3) is 0.529. The van der Waals surface area contributed by atoms with Crippen LogP contribution >= 0.6 is 0 Å². The van der Waals surface area contributed by atoms with E-state index in [0.29, 0.717) is 13.0 Å². The Balaban J connectivity index is 1.67. The molecular formula is C17H21NO4. The first-order valence-electron chi connectivity index (χ1n) is 7.71. The third-order valence-corrected chi connectivity index (χ3v) is 5.03. The van der Waals surface area contributed by atoms with Crippen LogP contribution in [0.3, 0.4) is 0 Å². The molecular weight excluding hydrogens is 282 g/mol. The lowest BCUT2D eigenvalue weighted by Gasteiger charge is -2.43. The maximum absolute atomic E-state index is 12.1. The van der Waals surface area contributed by atoms with Crippen molar-refractivity contribution in [3.05, 3.63) is 29.8 Å². The first kappa shape index (κ1) is 14.9. The predicted molar refractivity (Wildman–Crippen MR) is 80.8 cm³/mol. The number of amides is 1. The van der Waals surface area contributed by atoms with E-state index in [2.05, 4.69) is 11.4 Å². The Morgan fingerprint density at radius 3 is 2.59 bits per heavy atom. The number of hydrogen-bond donors (Lipinski definition) is 2. The lowest BCUT2D eigenvalue weighted by Crippen LogP contribution is -2.46. The summed E-state index contributed by atoms with van der Waals surface area (Å²) in [6, 6.07) is 7.93. The summed E-state index contributed by atoms with van der Waals surface area (Å²) >= 11 is 0. The average Bonchev–Trinajstić information content (AvgIpc) is 3.27. The average molecular weight is 303 g/mol. The highest BCUT2D eigenvalue weighted by Crippen LogP contribution is 2.47. The minimum atomic E-state index is -0.872. The molecule has 2 N–H and O–H groups in total. The number of benzene rings is 1. The Morgan fingerprint density at radius 2 is 2.05 bits per heavy atom. The predicted octanol–water partition coefficient (Wildman–Crippen LogP) is 1.95. The number of carbonyl (C=O) groups is 2. The SMILES string of the molecule is COc1ccccc1C1(CNC(=O)C2CC2C(=O)O)CCC1. The number of carbonyl (C=O) groups excluding carboxylic acids is 1. The second-order valence-corrected chi connectivity index (χ2v) is 6.34. The van der Waals surface area contributed by atoms with Crippen molar-refractivity contribution in [3.63, 3.8) is 0 Å². The van der Waals surface area contributed by atoms with E-state index in [9.17, 15) is 9.59 Å². The van der Waals surface area contributed by atoms with E-state index in [-0.39, 0.29) is 17.2 Å². The molecule has 2 unspecified atom stereocenters. The van der Waals surface area contributed by atoms with Gasteiger partial charge in [-0.1, -0.05) is 24.6 Å². The van der Waals surface area contributed by atoms with Gasteiger partial charge in [-0.3, -0.25) is 9.59 Å². The quantitative estimate of drug-likeness (QED) is 0.842. The van der Waals surface area contributed by atoms with Gasteiger partial charge in [0.15, 0.2) is 0 Å². The van der Waals surface area contributed by atoms with Gasteiger partial charge in [0, 0.05) is 17.5 Å². The van der Waals surface area contributed by atoms with Crippen LogP contribution in [0.25, 0.3) is 0 Å². The Kier molecular flexibility index (Phi) is 3.81. The van der Waals surface area contributed by atoms with E-state index in [1.165, 1.54) is 0 Å². The molecule has 0 saturated heterocycles. The van der Waals surface area contributed by atoms with Crippen LogP contribution < -0.4 is 10.1 Å². The van der Waals surface area contributed by atoms with E-state index in [1.54, 1.807) is 7.11 Å². The van der Waals surface area contributed by atoms with Gasteiger partial charge in [0.1, 0.15) is 5.75 Å². The van der Waals surface area contributed by atoms with Crippen molar-refractivity contribution in [1.82, 2.24) is 5.32 Å². The first-order chi connectivity index (χ1) is 10.6. The Bertz CT molecular complexity index is 594. The van der Waals surface area contributed by atoms with Gasteiger partial charge in [-0.05, 0) is 25.3 Å². The van der Waals surface area contributed by atoms with Crippen LogP contribution in [0.1, 0.15) is 31.2 Å². The molecule has 5 nitrogen and oxygen atoms in total. The summed E-state index contributed by atoms with van der Waals surface area (Å²) in [4.78, 5) is 22.9. The van der Waals surface area contributed by atoms with Gasteiger partial charge < -0.3 is 15.2 Å². The smallest absolute Gasteiger partial charge is 0.307 e. The largest absolute Gasteiger partial charge is 0.496 e. The lowest BCUT2D eigenvalue weighted by molar-refractivity contribution is -0.140. The molecule has 2 aliphatic rings. The number of ether oxygens (including phenoxy) is 1. The highest BCUT2D eigenvalue weighted by Gasteiger charge is 2.49. The maximum Gasteiger partial charge on any atom is 0.307 e. The van der Waals surface area contributed by atoms with Crippen LogP contribution in [0.4, 0.5) is 0 Å². The van der Waals surface area contributed by atoms with Crippen molar-refractivity contribution in [1.29, 1.82) is 0 Å². The maximum atomic E-state index is 12.1. The molecule has 1 aromatic carbocycles. The molecule has 0 spiro atoms. The summed E-state index contributed by atoms with van der Waals surface area (Å²) in [5.74, 6) is -1.00. The Labute approximate surface area is 129 Å². The third-order valence-electron chi connectivity index (χ3n) is 5.03. The second kappa shape index (κ2) is 5.63. The van der Waals surface area contributed by atoms with Crippen LogP contribution in [0.15, 0.2) is 24.3 Å². The molecule has 5 heteroatoms. The molecule has 1 aromatic rings. The fourth-order valence-corrected chi connectivity index (χ4v) is 3.37. The van der Waals surface area contributed by atoms with Gasteiger partial charge in [0.05, 0.1) is 18.9 Å². The minimum absolute atomic E-state index is 0.0735. The van der Waals surface area contributed by atoms with Crippen LogP contribution in [-0.2, 0) is 15.0 Å². The van der Waals surface area contributed by atoms with Crippen molar-refractivity contribution >= 4 is 11.9 Å². The molecule has 2 aliphatic carbocycles. The number of nitrogens with one attached hydrogen (secondary N) is 1. The third kappa shape index (κ3) is 2.56. The molecule has 0 bridgehead atoms. The lowest BCUT2D eigenvalue weighted by atomic mass is 9.64. The van der Waals surface area contributed by atoms with Crippen molar-refractivity contribution in [2.75, 3.05) is 13.7 Å². The zero-order valence-corrected chi connectivity index (χ0v) is 12.7. The number of carboxylic acids is 1. The van der Waals surface area contributed by atoms with E-state index in [0.717, 1.165) is 30.6 Å². The number of para-hydroxylation sites is 1. The van der Waals surface area contributed by atoms with Crippen molar-refractivity contribution in [2.45, 2.75) is 31.1 Å². The highest BCUT2D eigenvalue weighted by molar-refractivity contribution is 5.89. The molecule has 118 valence electrons.